The van der Waals surface area contributed by atoms with E-state index in [4.69, 9.17) is 21.4 Å². The lowest BCUT2D eigenvalue weighted by Gasteiger charge is -2.26. The molecule has 1 fully saturated rings. The zero-order valence-corrected chi connectivity index (χ0v) is 10.8. The molecule has 4 nitrogen and oxygen atoms in total. The van der Waals surface area contributed by atoms with E-state index in [2.05, 4.69) is 4.98 Å². The molecule has 0 radical (unpaired) electrons. The van der Waals surface area contributed by atoms with E-state index in [1.807, 2.05) is 6.07 Å². The predicted molar refractivity (Wildman–Crippen MR) is 67.4 cm³/mol. The number of hydrogen-bond acceptors (Lipinski definition) is 3. The van der Waals surface area contributed by atoms with Crippen molar-refractivity contribution in [2.24, 2.45) is 5.92 Å². The molecule has 5 heteroatoms. The van der Waals surface area contributed by atoms with Gasteiger partial charge in [0.1, 0.15) is 0 Å². The molecule has 1 saturated carbocycles. The molecule has 98 valence electrons. The predicted octanol–water partition coefficient (Wildman–Crippen LogP) is 2.90. The van der Waals surface area contributed by atoms with Gasteiger partial charge in [0.2, 0.25) is 0 Å². The Morgan fingerprint density at radius 3 is 2.78 bits per heavy atom. The molecule has 0 spiro atoms. The number of pyridine rings is 1. The van der Waals surface area contributed by atoms with Gasteiger partial charge in [-0.3, -0.25) is 9.78 Å². The Hall–Kier alpha value is -1.13. The third-order valence-corrected chi connectivity index (χ3v) is 3.69. The lowest BCUT2D eigenvalue weighted by molar-refractivity contribution is -0.143. The van der Waals surface area contributed by atoms with Crippen LogP contribution in [0.5, 0.6) is 0 Å². The van der Waals surface area contributed by atoms with Crippen molar-refractivity contribution >= 4 is 17.6 Å². The number of rotatable bonds is 4. The lowest BCUT2D eigenvalue weighted by Crippen LogP contribution is -2.25. The molecule has 1 aliphatic rings. The molecule has 0 aromatic carbocycles. The van der Waals surface area contributed by atoms with Gasteiger partial charge in [-0.15, -0.1) is 0 Å². The van der Waals surface area contributed by atoms with Crippen molar-refractivity contribution in [2.45, 2.75) is 38.4 Å². The minimum Gasteiger partial charge on any atom is -0.481 e. The minimum absolute atomic E-state index is 0.143. The maximum absolute atomic E-state index is 10.8. The Morgan fingerprint density at radius 1 is 1.44 bits per heavy atom. The molecule has 0 unspecified atom stereocenters. The summed E-state index contributed by atoms with van der Waals surface area (Å²) in [6, 6.07) is 1.84. The van der Waals surface area contributed by atoms with Gasteiger partial charge in [0.05, 0.1) is 23.7 Å². The van der Waals surface area contributed by atoms with Crippen LogP contribution in [0.3, 0.4) is 0 Å². The molecule has 0 saturated heterocycles. The van der Waals surface area contributed by atoms with E-state index in [9.17, 15) is 4.79 Å². The molecular weight excluding hydrogens is 254 g/mol. The average molecular weight is 270 g/mol. The molecule has 0 aliphatic heterocycles. The van der Waals surface area contributed by atoms with Gasteiger partial charge < -0.3 is 9.84 Å². The zero-order chi connectivity index (χ0) is 13.0. The molecular formula is C13H16ClNO3. The third-order valence-electron chi connectivity index (χ3n) is 3.35. The maximum Gasteiger partial charge on any atom is 0.306 e. The van der Waals surface area contributed by atoms with Crippen molar-refractivity contribution in [3.8, 4) is 0 Å². The van der Waals surface area contributed by atoms with Crippen molar-refractivity contribution in [3.63, 3.8) is 0 Å². The molecule has 1 aromatic rings. The number of aromatic nitrogens is 1. The van der Waals surface area contributed by atoms with Crippen LogP contribution in [0.15, 0.2) is 18.5 Å². The third kappa shape index (κ3) is 3.43. The highest BCUT2D eigenvalue weighted by molar-refractivity contribution is 6.31. The van der Waals surface area contributed by atoms with Crippen molar-refractivity contribution in [2.75, 3.05) is 0 Å². The number of nitrogens with zero attached hydrogens (tertiary/aromatic N) is 1. The number of hydrogen-bond donors (Lipinski definition) is 1. The van der Waals surface area contributed by atoms with Crippen LogP contribution in [0, 0.1) is 5.92 Å². The molecule has 1 N–H and O–H groups in total. The molecule has 18 heavy (non-hydrogen) atoms. The summed E-state index contributed by atoms with van der Waals surface area (Å²) in [4.78, 5) is 14.7. The fourth-order valence-electron chi connectivity index (χ4n) is 2.21. The van der Waals surface area contributed by atoms with Crippen LogP contribution in [0.25, 0.3) is 0 Å². The summed E-state index contributed by atoms with van der Waals surface area (Å²) in [7, 11) is 0. The topological polar surface area (TPSA) is 59.4 Å². The first-order valence-electron chi connectivity index (χ1n) is 6.09. The summed E-state index contributed by atoms with van der Waals surface area (Å²) >= 11 is 5.99. The number of aliphatic carboxylic acids is 1. The number of carbonyl (C=O) groups is 1. The average Bonchev–Trinajstić information content (AvgIpc) is 2.38. The molecule has 0 amide bonds. The van der Waals surface area contributed by atoms with E-state index >= 15 is 0 Å². The first-order chi connectivity index (χ1) is 8.66. The largest absolute Gasteiger partial charge is 0.481 e. The molecule has 1 aliphatic carbocycles. The first-order valence-corrected chi connectivity index (χ1v) is 6.47. The van der Waals surface area contributed by atoms with E-state index in [-0.39, 0.29) is 12.0 Å². The smallest absolute Gasteiger partial charge is 0.306 e. The van der Waals surface area contributed by atoms with Gasteiger partial charge >= 0.3 is 5.97 Å². The molecule has 2 rings (SSSR count). The quantitative estimate of drug-likeness (QED) is 0.913. The van der Waals surface area contributed by atoms with Crippen LogP contribution in [0.2, 0.25) is 5.02 Å². The summed E-state index contributed by atoms with van der Waals surface area (Å²) in [6.07, 6.45) is 6.44. The number of ether oxygens (including phenoxy) is 1. The Balaban J connectivity index is 1.79. The van der Waals surface area contributed by atoms with E-state index in [0.717, 1.165) is 18.4 Å². The first kappa shape index (κ1) is 13.3. The van der Waals surface area contributed by atoms with Gasteiger partial charge in [0.25, 0.3) is 0 Å². The summed E-state index contributed by atoms with van der Waals surface area (Å²) < 4.78 is 5.77. The highest BCUT2D eigenvalue weighted by Gasteiger charge is 2.26. The Labute approximate surface area is 111 Å². The van der Waals surface area contributed by atoms with Gasteiger partial charge in [0, 0.05) is 12.4 Å². The van der Waals surface area contributed by atoms with Gasteiger partial charge in [0.15, 0.2) is 0 Å². The molecule has 1 heterocycles. The van der Waals surface area contributed by atoms with E-state index < -0.39 is 5.97 Å². The number of carboxylic acid groups (broad SMARTS) is 1. The SMILES string of the molecule is O=C(O)C1CCC(OCc2ccncc2Cl)CC1. The Kier molecular flexibility index (Phi) is 4.55. The van der Waals surface area contributed by atoms with Crippen LogP contribution in [0.4, 0.5) is 0 Å². The minimum atomic E-state index is -0.689. The fraction of sp³-hybridized carbons (Fsp3) is 0.538. The summed E-state index contributed by atoms with van der Waals surface area (Å²) in [5.74, 6) is -0.889. The van der Waals surface area contributed by atoms with Crippen molar-refractivity contribution in [1.29, 1.82) is 0 Å². The second-order valence-corrected chi connectivity index (χ2v) is 5.00. The van der Waals surface area contributed by atoms with Crippen molar-refractivity contribution < 1.29 is 14.6 Å². The van der Waals surface area contributed by atoms with Gasteiger partial charge in [-0.05, 0) is 37.3 Å². The summed E-state index contributed by atoms with van der Waals surface area (Å²) in [6.45, 7) is 0.462. The zero-order valence-electron chi connectivity index (χ0n) is 10.0. The standard InChI is InChI=1S/C13H16ClNO3/c14-12-7-15-6-5-10(12)8-18-11-3-1-9(2-4-11)13(16)17/h5-7,9,11H,1-4,8H2,(H,16,17). The monoisotopic (exact) mass is 269 g/mol. The second-order valence-electron chi connectivity index (χ2n) is 4.59. The van der Waals surface area contributed by atoms with E-state index in [0.29, 0.717) is 24.5 Å². The van der Waals surface area contributed by atoms with Crippen molar-refractivity contribution in [1.82, 2.24) is 4.98 Å². The number of carboxylic acids is 1. The van der Waals surface area contributed by atoms with Gasteiger partial charge in [-0.1, -0.05) is 11.6 Å². The highest BCUT2D eigenvalue weighted by Crippen LogP contribution is 2.27. The van der Waals surface area contributed by atoms with Gasteiger partial charge in [-0.2, -0.15) is 0 Å². The Morgan fingerprint density at radius 2 is 2.17 bits per heavy atom. The van der Waals surface area contributed by atoms with Crippen LogP contribution in [-0.4, -0.2) is 22.2 Å². The second kappa shape index (κ2) is 6.16. The van der Waals surface area contributed by atoms with Gasteiger partial charge in [-0.25, -0.2) is 0 Å². The molecule has 0 bridgehead atoms. The fourth-order valence-corrected chi connectivity index (χ4v) is 2.38. The molecule has 1 aromatic heterocycles. The van der Waals surface area contributed by atoms with Crippen LogP contribution < -0.4 is 0 Å². The summed E-state index contributed by atoms with van der Waals surface area (Å²) in [5, 5.41) is 9.51. The van der Waals surface area contributed by atoms with Crippen LogP contribution in [-0.2, 0) is 16.1 Å². The van der Waals surface area contributed by atoms with E-state index in [1.165, 1.54) is 0 Å². The number of halogens is 1. The Bertz CT molecular complexity index is 416. The van der Waals surface area contributed by atoms with Crippen LogP contribution >= 0.6 is 11.6 Å². The van der Waals surface area contributed by atoms with Crippen LogP contribution in [0.1, 0.15) is 31.2 Å². The van der Waals surface area contributed by atoms with E-state index in [1.54, 1.807) is 12.4 Å². The molecule has 0 atom stereocenters. The highest BCUT2D eigenvalue weighted by atomic mass is 35.5. The normalized spacial score (nSPS) is 23.8. The van der Waals surface area contributed by atoms with Crippen molar-refractivity contribution in [3.05, 3.63) is 29.0 Å². The summed E-state index contributed by atoms with van der Waals surface area (Å²) in [5.41, 5.74) is 0.923. The lowest BCUT2D eigenvalue weighted by atomic mass is 9.87. The maximum atomic E-state index is 10.8.